The zero-order chi connectivity index (χ0) is 96.2. The Labute approximate surface area is 835 Å². The van der Waals surface area contributed by atoms with Crippen molar-refractivity contribution >= 4 is 163 Å². The van der Waals surface area contributed by atoms with Crippen molar-refractivity contribution in [1.29, 1.82) is 0 Å². The van der Waals surface area contributed by atoms with E-state index in [1.54, 1.807) is 6.20 Å². The average molecular weight is 1870 g/mol. The van der Waals surface area contributed by atoms with Crippen LogP contribution >= 0.6 is 0 Å². The van der Waals surface area contributed by atoms with Crippen molar-refractivity contribution in [3.8, 4) is 120 Å². The van der Waals surface area contributed by atoms with Crippen molar-refractivity contribution in [1.82, 2.24) is 68.5 Å². The molecule has 0 aliphatic carbocycles. The fraction of sp³-hybridized carbons (Fsp3) is 0. The molecule has 0 aliphatic heterocycles. The zero-order valence-corrected chi connectivity index (χ0v) is 78.4. The molecular formula is C131H80N14O. The molecule has 0 unspecified atom stereocenters. The Hall–Kier alpha value is -20.0. The maximum Gasteiger partial charge on any atom is 0.182 e. The minimum atomic E-state index is 0.539. The van der Waals surface area contributed by atoms with Crippen LogP contribution in [0.1, 0.15) is 0 Å². The van der Waals surface area contributed by atoms with Gasteiger partial charge >= 0.3 is 0 Å². The molecule has 0 saturated heterocycles. The lowest BCUT2D eigenvalue weighted by Crippen LogP contribution is -2.02. The van der Waals surface area contributed by atoms with Crippen molar-refractivity contribution in [2.45, 2.75) is 0 Å². The van der Waals surface area contributed by atoms with E-state index in [4.69, 9.17) is 54.3 Å². The third kappa shape index (κ3) is 14.5. The summed E-state index contributed by atoms with van der Waals surface area (Å²) in [6.45, 7) is 0. The molecule has 15 heteroatoms. The van der Waals surface area contributed by atoms with E-state index in [1.807, 2.05) is 164 Å². The maximum absolute atomic E-state index is 6.45. The Morgan fingerprint density at radius 2 is 0.479 bits per heavy atom. The number of fused-ring (bicyclic) bond motifs is 19. The summed E-state index contributed by atoms with van der Waals surface area (Å²) in [5, 5.41) is 24.5. The second-order valence-electron chi connectivity index (χ2n) is 36.6. The summed E-state index contributed by atoms with van der Waals surface area (Å²) >= 11 is 0. The number of nitrogens with zero attached hydrogens (tertiary/aromatic N) is 14. The molecule has 30 rings (SSSR count). The van der Waals surface area contributed by atoms with Gasteiger partial charge in [-0.05, 0) is 176 Å². The molecule has 0 aliphatic rings. The number of hydrogen-bond donors (Lipinski definition) is 0. The molecule has 9 heterocycles. The van der Waals surface area contributed by atoms with Crippen LogP contribution in [0, 0.1) is 0 Å². The monoisotopic (exact) mass is 1860 g/mol. The highest BCUT2D eigenvalue weighted by Gasteiger charge is 2.27. The Bertz CT molecular complexity index is 10400. The van der Waals surface area contributed by atoms with Crippen LogP contribution in [0.4, 0.5) is 0 Å². The average Bonchev–Trinajstić information content (AvgIpc) is 1.57. The molecule has 21 aromatic carbocycles. The van der Waals surface area contributed by atoms with Gasteiger partial charge in [-0.2, -0.15) is 0 Å². The first-order valence-corrected chi connectivity index (χ1v) is 48.8. The molecule has 0 N–H and O–H groups in total. The molecule has 0 atom stereocenters. The van der Waals surface area contributed by atoms with E-state index in [9.17, 15) is 0 Å². The highest BCUT2D eigenvalue weighted by molar-refractivity contribution is 6.19. The Morgan fingerprint density at radius 3 is 0.897 bits per heavy atom. The smallest absolute Gasteiger partial charge is 0.182 e. The first-order chi connectivity index (χ1) is 72.4. The van der Waals surface area contributed by atoms with Crippen molar-refractivity contribution in [2.75, 3.05) is 0 Å². The van der Waals surface area contributed by atoms with E-state index in [0.717, 1.165) is 121 Å². The van der Waals surface area contributed by atoms with Crippen LogP contribution in [0.3, 0.4) is 0 Å². The summed E-state index contributed by atoms with van der Waals surface area (Å²) in [5.74, 6) is 5.30. The Balaban J connectivity index is 0.000000106. The van der Waals surface area contributed by atoms with Gasteiger partial charge in [-0.25, -0.2) is 49.8 Å². The molecule has 0 saturated carbocycles. The first-order valence-electron chi connectivity index (χ1n) is 48.8. The van der Waals surface area contributed by atoms with Crippen molar-refractivity contribution in [2.24, 2.45) is 0 Å². The molecule has 0 spiro atoms. The molecule has 0 bridgehead atoms. The first kappa shape index (κ1) is 84.1. The number of rotatable bonds is 12. The second-order valence-corrected chi connectivity index (χ2v) is 36.6. The minimum absolute atomic E-state index is 0.539. The van der Waals surface area contributed by atoms with Crippen LogP contribution in [0.5, 0.6) is 0 Å². The zero-order valence-electron chi connectivity index (χ0n) is 78.4. The van der Waals surface area contributed by atoms with Crippen molar-refractivity contribution < 1.29 is 4.42 Å². The topological polar surface area (TPSA) is 170 Å². The summed E-state index contributed by atoms with van der Waals surface area (Å²) in [5.41, 5.74) is 20.7. The molecule has 680 valence electrons. The van der Waals surface area contributed by atoms with E-state index in [0.29, 0.717) is 63.8 Å². The SMILES string of the molecule is c1ccc(-c2nc(-c3ccc(-n4c5ccccc5c5cc6ccccc6cc54)c4ccccc34)nc(-c3cccc4c3oc3ccccc34)n2)cc1.c1ccc(-c2nc(-c3ccc4ccccc4n3)nc(-c3ccc(-n4c5ccccc5c5cc6ccccc6cc54)c4ccccc34)n2)cc1.c1ccc(-c2nc(-c3ccccn3)nc(-c3ccc(-n4c5ccccc5c5cc6ccccc6cc54)c4ccccc34)n2)cc1. The standard InChI is InChI=1S/C47H28N4O.C44H27N5.C40H25N5/c1-2-13-29(14-3-1)45-48-46(50-47(49-45)38-22-12-21-36-35-20-9-11-24-43(35)52-44(36)38)37-25-26-41(33-18-7-6-17-32(33)37)51-40-23-10-8-19-34(40)39-27-30-15-4-5-16-31(30)28-42(39)51;1-2-13-29(14-3-1)42-46-43(48-44(47-42)38-24-22-28-12-6-10-20-37(28)45-38)35-23-25-40(33-18-8-7-17-32(33)35)49-39-21-11-9-19-34(39)36-26-30-15-4-5-16-31(30)27-41(36)49;1-2-12-26(13-3-1)38-42-39(44-40(43-38)34-19-10-11-23-41-34)32-21-22-36(30-17-7-6-16-29(30)32)45-35-20-9-8-18-31(35)33-24-27-14-4-5-15-28(27)25-37(33)45/h1-28H;1-27H;1-25H. The lowest BCUT2D eigenvalue weighted by Gasteiger charge is -2.15. The van der Waals surface area contributed by atoms with E-state index < -0.39 is 0 Å². The summed E-state index contributed by atoms with van der Waals surface area (Å²) in [6.07, 6.45) is 1.76. The van der Waals surface area contributed by atoms with Crippen LogP contribution < -0.4 is 0 Å². The molecular weight excluding hydrogens is 1790 g/mol. The molecule has 30 aromatic rings. The van der Waals surface area contributed by atoms with Crippen molar-refractivity contribution in [3.63, 3.8) is 0 Å². The van der Waals surface area contributed by atoms with E-state index in [1.165, 1.54) is 97.7 Å². The highest BCUT2D eigenvalue weighted by Crippen LogP contribution is 2.46. The molecule has 9 aromatic heterocycles. The minimum Gasteiger partial charge on any atom is -0.455 e. The number of pyridine rings is 2. The molecule has 0 amide bonds. The van der Waals surface area contributed by atoms with Gasteiger partial charge in [-0.15, -0.1) is 0 Å². The fourth-order valence-electron chi connectivity index (χ4n) is 21.4. The van der Waals surface area contributed by atoms with Gasteiger partial charge in [0, 0.05) is 104 Å². The predicted octanol–water partition coefficient (Wildman–Crippen LogP) is 32.7. The lowest BCUT2D eigenvalue weighted by atomic mass is 10.0. The normalized spacial score (nSPS) is 11.7. The third-order valence-corrected chi connectivity index (χ3v) is 28.1. The molecule has 146 heavy (non-hydrogen) atoms. The number of para-hydroxylation sites is 6. The van der Waals surface area contributed by atoms with Gasteiger partial charge in [0.05, 0.1) is 61.2 Å². The number of benzene rings is 21. The number of hydrogen-bond acceptors (Lipinski definition) is 12. The summed E-state index contributed by atoms with van der Waals surface area (Å²) in [6, 6.07) is 167. The van der Waals surface area contributed by atoms with Crippen LogP contribution in [0.2, 0.25) is 0 Å². The maximum atomic E-state index is 6.45. The Morgan fingerprint density at radius 1 is 0.164 bits per heavy atom. The predicted molar refractivity (Wildman–Crippen MR) is 597 cm³/mol. The van der Waals surface area contributed by atoms with Gasteiger partial charge < -0.3 is 18.1 Å². The van der Waals surface area contributed by atoms with Gasteiger partial charge in [0.15, 0.2) is 52.4 Å². The van der Waals surface area contributed by atoms with E-state index in [-0.39, 0.29) is 0 Å². The van der Waals surface area contributed by atoms with Gasteiger partial charge in [0.1, 0.15) is 22.6 Å². The fourth-order valence-corrected chi connectivity index (χ4v) is 21.4. The van der Waals surface area contributed by atoms with Crippen LogP contribution in [-0.2, 0) is 0 Å². The van der Waals surface area contributed by atoms with Crippen LogP contribution in [0.15, 0.2) is 490 Å². The second kappa shape index (κ2) is 35.1. The quantitative estimate of drug-likeness (QED) is 0.114. The van der Waals surface area contributed by atoms with E-state index >= 15 is 0 Å². The van der Waals surface area contributed by atoms with Gasteiger partial charge in [0.25, 0.3) is 0 Å². The summed E-state index contributed by atoms with van der Waals surface area (Å²) in [4.78, 5) is 54.9. The molecule has 15 nitrogen and oxygen atoms in total. The highest BCUT2D eigenvalue weighted by atomic mass is 16.3. The lowest BCUT2D eigenvalue weighted by molar-refractivity contribution is 0.669. The largest absolute Gasteiger partial charge is 0.455 e. The van der Waals surface area contributed by atoms with Crippen molar-refractivity contribution in [3.05, 3.63) is 485 Å². The Kier molecular flexibility index (Phi) is 20.2. The number of furan rings is 1. The number of aromatic nitrogens is 14. The van der Waals surface area contributed by atoms with E-state index in [2.05, 4.69) is 334 Å². The molecule has 0 fully saturated rings. The van der Waals surface area contributed by atoms with Gasteiger partial charge in [-0.3, -0.25) is 4.98 Å². The van der Waals surface area contributed by atoms with Crippen LogP contribution in [0.25, 0.3) is 283 Å². The third-order valence-electron chi connectivity index (χ3n) is 28.1. The summed E-state index contributed by atoms with van der Waals surface area (Å²) < 4.78 is 13.6. The van der Waals surface area contributed by atoms with Gasteiger partial charge in [-0.1, -0.05) is 352 Å². The molecule has 0 radical (unpaired) electrons. The summed E-state index contributed by atoms with van der Waals surface area (Å²) in [7, 11) is 0. The van der Waals surface area contributed by atoms with Crippen LogP contribution in [-0.4, -0.2) is 68.5 Å². The van der Waals surface area contributed by atoms with Gasteiger partial charge in [0.2, 0.25) is 0 Å².